The SMILES string of the molecule is NNC(=O)c1cccc(OCc2cccnc2)c1. The molecule has 1 heterocycles. The summed E-state index contributed by atoms with van der Waals surface area (Å²) in [7, 11) is 0. The number of hydrazine groups is 1. The summed E-state index contributed by atoms with van der Waals surface area (Å²) >= 11 is 0. The Labute approximate surface area is 105 Å². The van der Waals surface area contributed by atoms with Crippen molar-refractivity contribution in [2.45, 2.75) is 6.61 Å². The Bertz CT molecular complexity index is 529. The first-order chi connectivity index (χ1) is 8.79. The van der Waals surface area contributed by atoms with Gasteiger partial charge in [0.1, 0.15) is 12.4 Å². The van der Waals surface area contributed by atoms with Gasteiger partial charge in [-0.3, -0.25) is 15.2 Å². The number of carbonyl (C=O) groups excluding carboxylic acids is 1. The first kappa shape index (κ1) is 12.1. The minimum absolute atomic E-state index is 0.346. The van der Waals surface area contributed by atoms with Crippen molar-refractivity contribution < 1.29 is 9.53 Å². The molecule has 0 bridgehead atoms. The number of benzene rings is 1. The number of hydrogen-bond acceptors (Lipinski definition) is 4. The number of nitrogens with zero attached hydrogens (tertiary/aromatic N) is 1. The highest BCUT2D eigenvalue weighted by molar-refractivity contribution is 5.94. The Morgan fingerprint density at radius 1 is 1.33 bits per heavy atom. The average Bonchev–Trinajstić information content (AvgIpc) is 2.45. The lowest BCUT2D eigenvalue weighted by molar-refractivity contribution is 0.0953. The number of rotatable bonds is 4. The fraction of sp³-hybridized carbons (Fsp3) is 0.0769. The van der Waals surface area contributed by atoms with Gasteiger partial charge in [-0.15, -0.1) is 0 Å². The Morgan fingerprint density at radius 3 is 2.94 bits per heavy atom. The van der Waals surface area contributed by atoms with Crippen LogP contribution in [-0.2, 0) is 6.61 Å². The van der Waals surface area contributed by atoms with Crippen LogP contribution < -0.4 is 16.0 Å². The lowest BCUT2D eigenvalue weighted by atomic mass is 10.2. The molecular weight excluding hydrogens is 230 g/mol. The van der Waals surface area contributed by atoms with Crippen molar-refractivity contribution in [3.05, 3.63) is 59.9 Å². The van der Waals surface area contributed by atoms with Crippen molar-refractivity contribution in [2.75, 3.05) is 0 Å². The first-order valence-electron chi connectivity index (χ1n) is 5.42. The molecule has 92 valence electrons. The second-order valence-electron chi connectivity index (χ2n) is 3.65. The summed E-state index contributed by atoms with van der Waals surface area (Å²) in [6.07, 6.45) is 3.44. The van der Waals surface area contributed by atoms with Gasteiger partial charge in [0.2, 0.25) is 0 Å². The zero-order valence-corrected chi connectivity index (χ0v) is 9.67. The summed E-state index contributed by atoms with van der Waals surface area (Å²) in [6.45, 7) is 0.404. The Hall–Kier alpha value is -2.40. The molecule has 0 radical (unpaired) electrons. The normalized spacial score (nSPS) is 9.83. The Balaban J connectivity index is 2.04. The molecule has 0 aliphatic carbocycles. The third-order valence-electron chi connectivity index (χ3n) is 2.36. The molecule has 1 amide bonds. The lowest BCUT2D eigenvalue weighted by Gasteiger charge is -2.07. The molecule has 2 aromatic rings. The summed E-state index contributed by atoms with van der Waals surface area (Å²) < 4.78 is 5.57. The van der Waals surface area contributed by atoms with E-state index in [0.29, 0.717) is 17.9 Å². The minimum atomic E-state index is -0.346. The zero-order chi connectivity index (χ0) is 12.8. The van der Waals surface area contributed by atoms with Crippen LogP contribution in [0.25, 0.3) is 0 Å². The van der Waals surface area contributed by atoms with E-state index >= 15 is 0 Å². The quantitative estimate of drug-likeness (QED) is 0.481. The number of nitrogen functional groups attached to an aromatic ring is 1. The fourth-order valence-corrected chi connectivity index (χ4v) is 1.46. The Kier molecular flexibility index (Phi) is 3.88. The van der Waals surface area contributed by atoms with E-state index in [1.807, 2.05) is 12.1 Å². The highest BCUT2D eigenvalue weighted by Gasteiger charge is 2.04. The van der Waals surface area contributed by atoms with Crippen LogP contribution >= 0.6 is 0 Å². The van der Waals surface area contributed by atoms with E-state index < -0.39 is 0 Å². The summed E-state index contributed by atoms with van der Waals surface area (Å²) in [4.78, 5) is 15.3. The van der Waals surface area contributed by atoms with Crippen molar-refractivity contribution in [3.63, 3.8) is 0 Å². The van der Waals surface area contributed by atoms with E-state index in [2.05, 4.69) is 10.4 Å². The molecule has 0 aliphatic rings. The summed E-state index contributed by atoms with van der Waals surface area (Å²) in [5.74, 6) is 5.34. The number of amides is 1. The molecule has 0 saturated heterocycles. The van der Waals surface area contributed by atoms with Gasteiger partial charge in [-0.2, -0.15) is 0 Å². The lowest BCUT2D eigenvalue weighted by Crippen LogP contribution is -2.29. The largest absolute Gasteiger partial charge is 0.489 e. The van der Waals surface area contributed by atoms with Crippen molar-refractivity contribution in [2.24, 2.45) is 5.84 Å². The van der Waals surface area contributed by atoms with Crippen LogP contribution in [0.1, 0.15) is 15.9 Å². The summed E-state index contributed by atoms with van der Waals surface area (Å²) in [5.41, 5.74) is 3.50. The maximum Gasteiger partial charge on any atom is 0.265 e. The molecule has 0 fully saturated rings. The minimum Gasteiger partial charge on any atom is -0.489 e. The van der Waals surface area contributed by atoms with Gasteiger partial charge < -0.3 is 4.74 Å². The van der Waals surface area contributed by atoms with E-state index in [1.165, 1.54) is 0 Å². The number of nitrogens with one attached hydrogen (secondary N) is 1. The molecule has 0 unspecified atom stereocenters. The van der Waals surface area contributed by atoms with Crippen molar-refractivity contribution >= 4 is 5.91 Å². The third-order valence-corrected chi connectivity index (χ3v) is 2.36. The van der Waals surface area contributed by atoms with Crippen LogP contribution in [0.5, 0.6) is 5.75 Å². The van der Waals surface area contributed by atoms with Gasteiger partial charge in [-0.25, -0.2) is 5.84 Å². The van der Waals surface area contributed by atoms with Crippen molar-refractivity contribution in [3.8, 4) is 5.75 Å². The number of hydrogen-bond donors (Lipinski definition) is 2. The Morgan fingerprint density at radius 2 is 2.22 bits per heavy atom. The zero-order valence-electron chi connectivity index (χ0n) is 9.67. The van der Waals surface area contributed by atoms with E-state index in [9.17, 15) is 4.79 Å². The van der Waals surface area contributed by atoms with Crippen LogP contribution in [0.3, 0.4) is 0 Å². The fourth-order valence-electron chi connectivity index (χ4n) is 1.46. The number of nitrogens with two attached hydrogens (primary N) is 1. The number of carbonyl (C=O) groups is 1. The van der Waals surface area contributed by atoms with Crippen LogP contribution in [0.15, 0.2) is 48.8 Å². The molecule has 5 heteroatoms. The molecule has 0 spiro atoms. The van der Waals surface area contributed by atoms with Gasteiger partial charge in [0.05, 0.1) is 0 Å². The van der Waals surface area contributed by atoms with Gasteiger partial charge in [-0.1, -0.05) is 12.1 Å². The summed E-state index contributed by atoms with van der Waals surface area (Å²) in [5, 5.41) is 0. The highest BCUT2D eigenvalue weighted by Crippen LogP contribution is 2.14. The standard InChI is InChI=1S/C13H13N3O2/c14-16-13(17)11-4-1-5-12(7-11)18-9-10-3-2-6-15-8-10/h1-8H,9,14H2,(H,16,17). The topological polar surface area (TPSA) is 77.2 Å². The molecule has 5 nitrogen and oxygen atoms in total. The maximum absolute atomic E-state index is 11.3. The molecule has 0 aliphatic heterocycles. The second kappa shape index (κ2) is 5.79. The van der Waals surface area contributed by atoms with Gasteiger partial charge in [0.15, 0.2) is 0 Å². The smallest absolute Gasteiger partial charge is 0.265 e. The molecule has 18 heavy (non-hydrogen) atoms. The summed E-state index contributed by atoms with van der Waals surface area (Å²) in [6, 6.07) is 10.6. The van der Waals surface area contributed by atoms with Gasteiger partial charge >= 0.3 is 0 Å². The number of aromatic nitrogens is 1. The van der Waals surface area contributed by atoms with E-state index in [4.69, 9.17) is 10.6 Å². The number of ether oxygens (including phenoxy) is 1. The third kappa shape index (κ3) is 3.05. The van der Waals surface area contributed by atoms with Crippen molar-refractivity contribution in [1.82, 2.24) is 10.4 Å². The van der Waals surface area contributed by atoms with Gasteiger partial charge in [0, 0.05) is 23.5 Å². The van der Waals surface area contributed by atoms with Crippen LogP contribution in [-0.4, -0.2) is 10.9 Å². The molecule has 0 saturated carbocycles. The number of pyridine rings is 1. The molecule has 2 rings (SSSR count). The van der Waals surface area contributed by atoms with Gasteiger partial charge in [-0.05, 0) is 24.3 Å². The van der Waals surface area contributed by atoms with Crippen LogP contribution in [0.2, 0.25) is 0 Å². The second-order valence-corrected chi connectivity index (χ2v) is 3.65. The molecule has 1 aromatic heterocycles. The molecule has 0 atom stereocenters. The predicted octanol–water partition coefficient (Wildman–Crippen LogP) is 1.26. The van der Waals surface area contributed by atoms with E-state index in [0.717, 1.165) is 5.56 Å². The van der Waals surface area contributed by atoms with Gasteiger partial charge in [0.25, 0.3) is 5.91 Å². The van der Waals surface area contributed by atoms with Crippen LogP contribution in [0, 0.1) is 0 Å². The monoisotopic (exact) mass is 243 g/mol. The first-order valence-corrected chi connectivity index (χ1v) is 5.42. The predicted molar refractivity (Wildman–Crippen MR) is 66.7 cm³/mol. The van der Waals surface area contributed by atoms with Crippen LogP contribution in [0.4, 0.5) is 0 Å². The van der Waals surface area contributed by atoms with E-state index in [1.54, 1.807) is 36.7 Å². The average molecular weight is 243 g/mol. The van der Waals surface area contributed by atoms with Crippen molar-refractivity contribution in [1.29, 1.82) is 0 Å². The molecule has 3 N–H and O–H groups in total. The highest BCUT2D eigenvalue weighted by atomic mass is 16.5. The van der Waals surface area contributed by atoms with E-state index in [-0.39, 0.29) is 5.91 Å². The molecular formula is C13H13N3O2. The molecule has 1 aromatic carbocycles. The maximum atomic E-state index is 11.3.